The number of hydrogen-bond acceptors (Lipinski definition) is 2. The van der Waals surface area contributed by atoms with Gasteiger partial charge < -0.3 is 5.32 Å². The SMILES string of the molecule is C=C[C@@H](c1ccc(C)cc1Br)N1CCNCC1. The van der Waals surface area contributed by atoms with Crippen molar-refractivity contribution in [1.82, 2.24) is 10.2 Å². The van der Waals surface area contributed by atoms with E-state index in [0.29, 0.717) is 6.04 Å². The molecule has 0 spiro atoms. The van der Waals surface area contributed by atoms with Crippen molar-refractivity contribution in [2.75, 3.05) is 26.2 Å². The summed E-state index contributed by atoms with van der Waals surface area (Å²) in [5.41, 5.74) is 2.59. The van der Waals surface area contributed by atoms with E-state index in [1.165, 1.54) is 15.6 Å². The molecule has 0 radical (unpaired) electrons. The number of rotatable bonds is 3. The summed E-state index contributed by atoms with van der Waals surface area (Å²) in [7, 11) is 0. The maximum atomic E-state index is 3.99. The summed E-state index contributed by atoms with van der Waals surface area (Å²) in [6.45, 7) is 10.4. The zero-order chi connectivity index (χ0) is 12.3. The van der Waals surface area contributed by atoms with E-state index in [1.807, 2.05) is 6.08 Å². The molecule has 0 aliphatic carbocycles. The van der Waals surface area contributed by atoms with Crippen LogP contribution in [0.15, 0.2) is 35.3 Å². The van der Waals surface area contributed by atoms with Gasteiger partial charge in [-0.15, -0.1) is 6.58 Å². The minimum absolute atomic E-state index is 0.312. The molecular weight excluding hydrogens is 276 g/mol. The summed E-state index contributed by atoms with van der Waals surface area (Å²) < 4.78 is 1.18. The molecule has 0 saturated carbocycles. The third kappa shape index (κ3) is 2.97. The molecule has 1 heterocycles. The van der Waals surface area contributed by atoms with Gasteiger partial charge in [0.05, 0.1) is 6.04 Å². The fourth-order valence-electron chi connectivity index (χ4n) is 2.31. The van der Waals surface area contributed by atoms with Crippen LogP contribution in [0.25, 0.3) is 0 Å². The average molecular weight is 295 g/mol. The lowest BCUT2D eigenvalue weighted by Crippen LogP contribution is -2.44. The van der Waals surface area contributed by atoms with Crippen molar-refractivity contribution in [3.63, 3.8) is 0 Å². The van der Waals surface area contributed by atoms with Gasteiger partial charge in [-0.25, -0.2) is 0 Å². The standard InChI is InChI=1S/C14H19BrN2/c1-3-14(17-8-6-16-7-9-17)12-5-4-11(2)10-13(12)15/h3-5,10,14,16H,1,6-9H2,2H3/t14-/m0/s1. The highest BCUT2D eigenvalue weighted by Crippen LogP contribution is 2.29. The van der Waals surface area contributed by atoms with E-state index >= 15 is 0 Å². The van der Waals surface area contributed by atoms with Gasteiger partial charge in [0.2, 0.25) is 0 Å². The summed E-state index contributed by atoms with van der Waals surface area (Å²) in [5, 5.41) is 3.38. The van der Waals surface area contributed by atoms with E-state index < -0.39 is 0 Å². The molecule has 2 rings (SSSR count). The molecule has 1 aliphatic rings. The van der Waals surface area contributed by atoms with E-state index in [1.54, 1.807) is 0 Å². The number of hydrogen-bond donors (Lipinski definition) is 1. The van der Waals surface area contributed by atoms with Crippen LogP contribution in [-0.2, 0) is 0 Å². The Kier molecular flexibility index (Phi) is 4.37. The first kappa shape index (κ1) is 12.8. The molecule has 1 aliphatic heterocycles. The van der Waals surface area contributed by atoms with E-state index in [2.05, 4.69) is 57.8 Å². The number of nitrogens with one attached hydrogen (secondary N) is 1. The lowest BCUT2D eigenvalue weighted by Gasteiger charge is -2.34. The van der Waals surface area contributed by atoms with Gasteiger partial charge in [-0.2, -0.15) is 0 Å². The summed E-state index contributed by atoms with van der Waals surface area (Å²) in [4.78, 5) is 2.47. The quantitative estimate of drug-likeness (QED) is 0.863. The van der Waals surface area contributed by atoms with Crippen molar-refractivity contribution >= 4 is 15.9 Å². The van der Waals surface area contributed by atoms with Gasteiger partial charge in [-0.1, -0.05) is 34.1 Å². The lowest BCUT2D eigenvalue weighted by molar-refractivity contribution is 0.203. The number of benzene rings is 1. The smallest absolute Gasteiger partial charge is 0.0541 e. The van der Waals surface area contributed by atoms with Crippen LogP contribution in [0.5, 0.6) is 0 Å². The Morgan fingerprint density at radius 1 is 1.41 bits per heavy atom. The first-order chi connectivity index (χ1) is 8.22. The predicted molar refractivity (Wildman–Crippen MR) is 76.3 cm³/mol. The van der Waals surface area contributed by atoms with E-state index in [9.17, 15) is 0 Å². The van der Waals surface area contributed by atoms with Crippen molar-refractivity contribution < 1.29 is 0 Å². The predicted octanol–water partition coefficient (Wildman–Crippen LogP) is 2.89. The Morgan fingerprint density at radius 3 is 2.71 bits per heavy atom. The zero-order valence-electron chi connectivity index (χ0n) is 10.2. The van der Waals surface area contributed by atoms with Crippen LogP contribution in [0.4, 0.5) is 0 Å². The molecule has 0 amide bonds. The van der Waals surface area contributed by atoms with Crippen LogP contribution in [0.2, 0.25) is 0 Å². The Bertz CT molecular complexity index is 397. The van der Waals surface area contributed by atoms with Gasteiger partial charge in [0.15, 0.2) is 0 Å². The maximum Gasteiger partial charge on any atom is 0.0541 e. The summed E-state index contributed by atoms with van der Waals surface area (Å²) in [6.07, 6.45) is 2.04. The van der Waals surface area contributed by atoms with Crippen LogP contribution >= 0.6 is 15.9 Å². The zero-order valence-corrected chi connectivity index (χ0v) is 11.8. The second-order valence-electron chi connectivity index (χ2n) is 4.49. The van der Waals surface area contributed by atoms with E-state index in [0.717, 1.165) is 26.2 Å². The van der Waals surface area contributed by atoms with Crippen LogP contribution in [0.3, 0.4) is 0 Å². The Balaban J connectivity index is 2.24. The molecule has 92 valence electrons. The number of aryl methyl sites for hydroxylation is 1. The van der Waals surface area contributed by atoms with Crippen LogP contribution < -0.4 is 5.32 Å². The molecule has 1 saturated heterocycles. The largest absolute Gasteiger partial charge is 0.314 e. The highest BCUT2D eigenvalue weighted by atomic mass is 79.9. The topological polar surface area (TPSA) is 15.3 Å². The molecule has 17 heavy (non-hydrogen) atoms. The van der Waals surface area contributed by atoms with Crippen LogP contribution in [-0.4, -0.2) is 31.1 Å². The molecule has 1 fully saturated rings. The minimum Gasteiger partial charge on any atom is -0.314 e. The molecule has 1 aromatic carbocycles. The van der Waals surface area contributed by atoms with Crippen molar-refractivity contribution in [1.29, 1.82) is 0 Å². The van der Waals surface area contributed by atoms with Gasteiger partial charge in [0.25, 0.3) is 0 Å². The lowest BCUT2D eigenvalue weighted by atomic mass is 10.0. The fraction of sp³-hybridized carbons (Fsp3) is 0.429. The Labute approximate surface area is 112 Å². The van der Waals surface area contributed by atoms with E-state index in [-0.39, 0.29) is 0 Å². The summed E-state index contributed by atoms with van der Waals surface area (Å²) >= 11 is 3.67. The second-order valence-corrected chi connectivity index (χ2v) is 5.35. The monoisotopic (exact) mass is 294 g/mol. The molecule has 0 unspecified atom stereocenters. The first-order valence-electron chi connectivity index (χ1n) is 6.06. The Morgan fingerprint density at radius 2 is 2.12 bits per heavy atom. The second kappa shape index (κ2) is 5.80. The summed E-state index contributed by atoms with van der Waals surface area (Å²) in [5.74, 6) is 0. The molecule has 0 bridgehead atoms. The molecule has 0 aromatic heterocycles. The highest BCUT2D eigenvalue weighted by molar-refractivity contribution is 9.10. The molecular formula is C14H19BrN2. The normalized spacial score (nSPS) is 18.9. The van der Waals surface area contributed by atoms with Crippen LogP contribution in [0, 0.1) is 6.92 Å². The first-order valence-corrected chi connectivity index (χ1v) is 6.85. The van der Waals surface area contributed by atoms with Crippen molar-refractivity contribution in [3.8, 4) is 0 Å². The van der Waals surface area contributed by atoms with Crippen LogP contribution in [0.1, 0.15) is 17.2 Å². The number of halogens is 1. The van der Waals surface area contributed by atoms with Crippen molar-refractivity contribution in [3.05, 3.63) is 46.5 Å². The highest BCUT2D eigenvalue weighted by Gasteiger charge is 2.20. The van der Waals surface area contributed by atoms with Gasteiger partial charge in [0.1, 0.15) is 0 Å². The van der Waals surface area contributed by atoms with Gasteiger partial charge in [-0.05, 0) is 24.1 Å². The summed E-state index contributed by atoms with van der Waals surface area (Å²) in [6, 6.07) is 6.85. The number of nitrogens with zero attached hydrogens (tertiary/aromatic N) is 1. The molecule has 2 nitrogen and oxygen atoms in total. The molecule has 3 heteroatoms. The average Bonchev–Trinajstić information content (AvgIpc) is 2.34. The Hall–Kier alpha value is -0.640. The maximum absolute atomic E-state index is 3.99. The fourth-order valence-corrected chi connectivity index (χ4v) is 3.03. The van der Waals surface area contributed by atoms with Crippen molar-refractivity contribution in [2.45, 2.75) is 13.0 Å². The van der Waals surface area contributed by atoms with E-state index in [4.69, 9.17) is 0 Å². The number of piperazine rings is 1. The third-order valence-electron chi connectivity index (χ3n) is 3.24. The molecule has 1 N–H and O–H groups in total. The van der Waals surface area contributed by atoms with Gasteiger partial charge in [0, 0.05) is 30.7 Å². The van der Waals surface area contributed by atoms with Crippen molar-refractivity contribution in [2.24, 2.45) is 0 Å². The van der Waals surface area contributed by atoms with Gasteiger partial charge in [-0.3, -0.25) is 4.90 Å². The molecule has 1 aromatic rings. The minimum atomic E-state index is 0.312. The van der Waals surface area contributed by atoms with Gasteiger partial charge >= 0.3 is 0 Å². The third-order valence-corrected chi connectivity index (χ3v) is 3.93. The molecule has 1 atom stereocenters.